The molecule has 0 saturated heterocycles. The largest absolute Gasteiger partial charge is 0.423 e. The number of amidine groups is 1. The number of aromatic nitrogens is 4. The molecule has 1 aliphatic heterocycles. The third kappa shape index (κ3) is 3.23. The zero-order chi connectivity index (χ0) is 21.0. The van der Waals surface area contributed by atoms with E-state index < -0.39 is 0 Å². The van der Waals surface area contributed by atoms with Gasteiger partial charge in [-0.3, -0.25) is 5.41 Å². The van der Waals surface area contributed by atoms with Crippen LogP contribution in [-0.4, -0.2) is 26.0 Å². The van der Waals surface area contributed by atoms with Crippen LogP contribution in [-0.2, 0) is 12.0 Å². The summed E-state index contributed by atoms with van der Waals surface area (Å²) in [7, 11) is 0. The number of rotatable bonds is 4. The number of nitrogens with zero attached hydrogens (tertiary/aromatic N) is 4. The molecule has 0 bridgehead atoms. The Labute approximate surface area is 183 Å². The molecule has 6 rings (SSSR count). The lowest BCUT2D eigenvalue weighted by Crippen LogP contribution is -2.49. The van der Waals surface area contributed by atoms with E-state index in [2.05, 4.69) is 51.0 Å². The average molecular weight is 429 g/mol. The van der Waals surface area contributed by atoms with E-state index in [0.29, 0.717) is 17.6 Å². The van der Waals surface area contributed by atoms with Crippen LogP contribution in [0.1, 0.15) is 47.6 Å². The van der Waals surface area contributed by atoms with Crippen LogP contribution in [0, 0.1) is 5.41 Å². The maximum Gasteiger partial charge on any atom is 0.247 e. The van der Waals surface area contributed by atoms with Gasteiger partial charge in [0.25, 0.3) is 0 Å². The second kappa shape index (κ2) is 6.81. The number of hydrogen-bond acceptors (Lipinski definition) is 7. The van der Waals surface area contributed by atoms with Crippen molar-refractivity contribution < 1.29 is 4.42 Å². The predicted molar refractivity (Wildman–Crippen MR) is 118 cm³/mol. The van der Waals surface area contributed by atoms with Crippen molar-refractivity contribution in [3.8, 4) is 22.6 Å². The monoisotopic (exact) mass is 428 g/mol. The van der Waals surface area contributed by atoms with Crippen LogP contribution in [0.25, 0.3) is 22.6 Å². The van der Waals surface area contributed by atoms with Gasteiger partial charge in [-0.15, -0.1) is 21.5 Å². The number of benzene rings is 1. The van der Waals surface area contributed by atoms with E-state index in [4.69, 9.17) is 14.8 Å². The van der Waals surface area contributed by atoms with Crippen molar-refractivity contribution in [1.82, 2.24) is 25.5 Å². The van der Waals surface area contributed by atoms with E-state index >= 15 is 0 Å². The van der Waals surface area contributed by atoms with E-state index in [0.717, 1.165) is 40.2 Å². The number of nitrogens with one attached hydrogen (secondary N) is 2. The minimum Gasteiger partial charge on any atom is -0.423 e. The smallest absolute Gasteiger partial charge is 0.247 e. The molecule has 1 saturated carbocycles. The first-order valence-electron chi connectivity index (χ1n) is 10.3. The average Bonchev–Trinajstić information content (AvgIpc) is 3.26. The van der Waals surface area contributed by atoms with Gasteiger partial charge in [0.1, 0.15) is 11.7 Å². The Morgan fingerprint density at radius 1 is 1.19 bits per heavy atom. The van der Waals surface area contributed by atoms with Crippen LogP contribution in [0.3, 0.4) is 0 Å². The molecule has 0 radical (unpaired) electrons. The molecule has 0 spiro atoms. The molecule has 1 aromatic carbocycles. The van der Waals surface area contributed by atoms with Crippen LogP contribution in [0.5, 0.6) is 0 Å². The van der Waals surface area contributed by atoms with E-state index in [1.807, 2.05) is 18.3 Å². The molecule has 154 valence electrons. The zero-order valence-electron chi connectivity index (χ0n) is 16.9. The Kier molecular flexibility index (Phi) is 4.04. The summed E-state index contributed by atoms with van der Waals surface area (Å²) in [6.45, 7) is 2.15. The predicted octanol–water partition coefficient (Wildman–Crippen LogP) is 4.52. The Balaban J connectivity index is 1.33. The lowest BCUT2D eigenvalue weighted by molar-refractivity contribution is 0.423. The number of thiophene rings is 1. The highest BCUT2D eigenvalue weighted by Crippen LogP contribution is 2.40. The molecule has 2 N–H and O–H groups in total. The van der Waals surface area contributed by atoms with Crippen LogP contribution >= 0.6 is 11.3 Å². The highest BCUT2D eigenvalue weighted by molar-refractivity contribution is 7.10. The number of fused-ring (bicyclic) bond motifs is 1. The quantitative estimate of drug-likeness (QED) is 0.496. The molecular formula is C23H20N6OS. The Morgan fingerprint density at radius 2 is 2.06 bits per heavy atom. The molecule has 0 unspecified atom stereocenters. The first-order chi connectivity index (χ1) is 15.1. The second-order valence-corrected chi connectivity index (χ2v) is 9.31. The molecule has 0 amide bonds. The molecule has 2 aliphatic rings. The van der Waals surface area contributed by atoms with Crippen molar-refractivity contribution in [2.45, 2.75) is 37.6 Å². The maximum atomic E-state index is 8.54. The zero-order valence-corrected chi connectivity index (χ0v) is 17.7. The Hall–Kier alpha value is -3.39. The highest BCUT2D eigenvalue weighted by Gasteiger charge is 2.37. The summed E-state index contributed by atoms with van der Waals surface area (Å²) in [5.74, 6) is 2.33. The maximum absolute atomic E-state index is 8.54. The van der Waals surface area contributed by atoms with E-state index in [1.165, 1.54) is 24.1 Å². The standard InChI is InChI=1S/C23H20N6OS/c1-23(9-18-17(20(24)28-23)10-25-21(27-18)13-5-6-13)19-8-16(11-31-19)14-3-2-4-15(7-14)22-29-26-12-30-22/h2-4,7-8,10-13H,5-6,9H2,1H3,(H2,24,28)/t23-/m0/s1. The van der Waals surface area contributed by atoms with E-state index in [-0.39, 0.29) is 5.54 Å². The van der Waals surface area contributed by atoms with Crippen molar-refractivity contribution in [2.24, 2.45) is 0 Å². The van der Waals surface area contributed by atoms with Gasteiger partial charge < -0.3 is 9.73 Å². The van der Waals surface area contributed by atoms with Gasteiger partial charge in [0, 0.05) is 29.0 Å². The van der Waals surface area contributed by atoms with Crippen molar-refractivity contribution in [3.05, 3.63) is 70.3 Å². The molecule has 7 nitrogen and oxygen atoms in total. The van der Waals surface area contributed by atoms with Gasteiger partial charge in [-0.2, -0.15) is 0 Å². The molecule has 1 fully saturated rings. The Morgan fingerprint density at radius 3 is 2.87 bits per heavy atom. The van der Waals surface area contributed by atoms with Gasteiger partial charge in [0.15, 0.2) is 0 Å². The molecule has 3 aromatic heterocycles. The lowest BCUT2D eigenvalue weighted by atomic mass is 9.87. The van der Waals surface area contributed by atoms with Gasteiger partial charge in [-0.25, -0.2) is 9.97 Å². The van der Waals surface area contributed by atoms with Crippen molar-refractivity contribution in [2.75, 3.05) is 0 Å². The number of hydrogen-bond donors (Lipinski definition) is 2. The van der Waals surface area contributed by atoms with Gasteiger partial charge in [0.2, 0.25) is 12.3 Å². The van der Waals surface area contributed by atoms with Crippen LogP contribution in [0.2, 0.25) is 0 Å². The molecule has 1 atom stereocenters. The normalized spacial score (nSPS) is 20.4. The van der Waals surface area contributed by atoms with E-state index in [9.17, 15) is 0 Å². The molecule has 4 aromatic rings. The first-order valence-corrected chi connectivity index (χ1v) is 11.2. The Bertz CT molecular complexity index is 1290. The summed E-state index contributed by atoms with van der Waals surface area (Å²) in [6.07, 6.45) is 6.22. The fourth-order valence-corrected chi connectivity index (χ4v) is 5.13. The fourth-order valence-electron chi connectivity index (χ4n) is 4.09. The van der Waals surface area contributed by atoms with E-state index in [1.54, 1.807) is 11.3 Å². The van der Waals surface area contributed by atoms with Crippen molar-refractivity contribution in [1.29, 1.82) is 5.41 Å². The van der Waals surface area contributed by atoms with Crippen LogP contribution in [0.4, 0.5) is 0 Å². The van der Waals surface area contributed by atoms with Gasteiger partial charge in [0.05, 0.1) is 16.8 Å². The topological polar surface area (TPSA) is 101 Å². The first kappa shape index (κ1) is 18.4. The fraction of sp³-hybridized carbons (Fsp3) is 0.261. The molecule has 8 heteroatoms. The highest BCUT2D eigenvalue weighted by atomic mass is 32.1. The van der Waals surface area contributed by atoms with Crippen LogP contribution < -0.4 is 5.32 Å². The summed E-state index contributed by atoms with van der Waals surface area (Å²) in [4.78, 5) is 10.5. The summed E-state index contributed by atoms with van der Waals surface area (Å²) in [5.41, 5.74) is 4.51. The van der Waals surface area contributed by atoms with Crippen molar-refractivity contribution >= 4 is 17.2 Å². The van der Waals surface area contributed by atoms with Gasteiger partial charge >= 0.3 is 0 Å². The summed E-state index contributed by atoms with van der Waals surface area (Å²) in [6, 6.07) is 10.3. The third-order valence-electron chi connectivity index (χ3n) is 5.97. The van der Waals surface area contributed by atoms with Crippen LogP contribution in [0.15, 0.2) is 52.7 Å². The third-order valence-corrected chi connectivity index (χ3v) is 7.16. The molecule has 1 aliphatic carbocycles. The molecule has 31 heavy (non-hydrogen) atoms. The summed E-state index contributed by atoms with van der Waals surface area (Å²) >= 11 is 1.70. The van der Waals surface area contributed by atoms with Gasteiger partial charge in [-0.05, 0) is 54.5 Å². The summed E-state index contributed by atoms with van der Waals surface area (Å²) < 4.78 is 5.34. The molecule has 4 heterocycles. The minimum absolute atomic E-state index is 0.383. The van der Waals surface area contributed by atoms with Crippen molar-refractivity contribution in [3.63, 3.8) is 0 Å². The SMILES string of the molecule is C[C@@]1(c2cc(-c3cccc(-c4nnco4)c3)cs2)Cc2nc(C3CC3)ncc2C(=N)N1. The lowest BCUT2D eigenvalue weighted by Gasteiger charge is -2.35. The molecular weight excluding hydrogens is 408 g/mol. The minimum atomic E-state index is -0.383. The second-order valence-electron chi connectivity index (χ2n) is 8.40. The van der Waals surface area contributed by atoms with Gasteiger partial charge in [-0.1, -0.05) is 12.1 Å². The summed E-state index contributed by atoms with van der Waals surface area (Å²) in [5, 5.41) is 21.9.